The molecule has 0 aromatic heterocycles. The van der Waals surface area contributed by atoms with Gasteiger partial charge in [-0.3, -0.25) is 4.90 Å². The molecule has 3 aliphatic rings. The minimum atomic E-state index is 0.871. The van der Waals surface area contributed by atoms with E-state index in [0.29, 0.717) is 0 Å². The number of fused-ring (bicyclic) bond motifs is 1. The maximum absolute atomic E-state index is 3.52. The second-order valence-electron chi connectivity index (χ2n) is 5.64. The highest BCUT2D eigenvalue weighted by molar-refractivity contribution is 4.92. The Kier molecular flexibility index (Phi) is 2.98. The molecule has 0 spiro atoms. The molecule has 0 bridgehead atoms. The molecule has 1 unspecified atom stereocenters. The highest BCUT2D eigenvalue weighted by atomic mass is 15.2. The van der Waals surface area contributed by atoms with E-state index in [2.05, 4.69) is 10.2 Å². The van der Waals surface area contributed by atoms with Crippen molar-refractivity contribution in [2.45, 2.75) is 57.0 Å². The molecular formula is C13H24N2. The van der Waals surface area contributed by atoms with Crippen molar-refractivity contribution >= 4 is 0 Å². The molecule has 0 radical (unpaired) electrons. The Balaban J connectivity index is 1.69. The normalized spacial score (nSPS) is 42.8. The van der Waals surface area contributed by atoms with Crippen LogP contribution in [0.15, 0.2) is 0 Å². The summed E-state index contributed by atoms with van der Waals surface area (Å²) in [5, 5.41) is 3.52. The van der Waals surface area contributed by atoms with E-state index in [1.165, 1.54) is 64.6 Å². The van der Waals surface area contributed by atoms with Gasteiger partial charge in [-0.25, -0.2) is 0 Å². The number of nitrogens with zero attached hydrogens (tertiary/aromatic N) is 1. The average Bonchev–Trinajstić information content (AvgIpc) is 2.82. The van der Waals surface area contributed by atoms with Crippen molar-refractivity contribution in [2.24, 2.45) is 5.92 Å². The zero-order chi connectivity index (χ0) is 10.1. The summed E-state index contributed by atoms with van der Waals surface area (Å²) in [7, 11) is 0. The van der Waals surface area contributed by atoms with Crippen LogP contribution in [-0.4, -0.2) is 36.6 Å². The maximum atomic E-state index is 3.52. The Labute approximate surface area is 93.4 Å². The summed E-state index contributed by atoms with van der Waals surface area (Å²) < 4.78 is 0. The van der Waals surface area contributed by atoms with Gasteiger partial charge >= 0.3 is 0 Å². The smallest absolute Gasteiger partial charge is 0.0235 e. The fourth-order valence-corrected chi connectivity index (χ4v) is 4.04. The monoisotopic (exact) mass is 208 g/mol. The molecule has 2 aliphatic heterocycles. The van der Waals surface area contributed by atoms with Gasteiger partial charge in [0.25, 0.3) is 0 Å². The van der Waals surface area contributed by atoms with Crippen molar-refractivity contribution in [1.29, 1.82) is 0 Å². The third kappa shape index (κ3) is 1.94. The van der Waals surface area contributed by atoms with E-state index in [-0.39, 0.29) is 0 Å². The summed E-state index contributed by atoms with van der Waals surface area (Å²) in [5.41, 5.74) is 0. The Morgan fingerprint density at radius 3 is 2.67 bits per heavy atom. The zero-order valence-electron chi connectivity index (χ0n) is 9.75. The lowest BCUT2D eigenvalue weighted by Gasteiger charge is -2.46. The molecular weight excluding hydrogens is 184 g/mol. The van der Waals surface area contributed by atoms with Gasteiger partial charge in [0, 0.05) is 18.6 Å². The molecule has 86 valence electrons. The van der Waals surface area contributed by atoms with Gasteiger partial charge in [-0.15, -0.1) is 0 Å². The first-order chi connectivity index (χ1) is 7.45. The zero-order valence-corrected chi connectivity index (χ0v) is 9.75. The van der Waals surface area contributed by atoms with Crippen LogP contribution >= 0.6 is 0 Å². The van der Waals surface area contributed by atoms with Crippen LogP contribution in [0.1, 0.15) is 44.9 Å². The first-order valence-corrected chi connectivity index (χ1v) is 6.91. The molecule has 3 rings (SSSR count). The van der Waals surface area contributed by atoms with Crippen molar-refractivity contribution < 1.29 is 0 Å². The van der Waals surface area contributed by atoms with E-state index in [4.69, 9.17) is 0 Å². The van der Waals surface area contributed by atoms with E-state index in [1.54, 1.807) is 0 Å². The molecule has 2 heterocycles. The number of nitrogens with one attached hydrogen (secondary N) is 1. The van der Waals surface area contributed by atoms with E-state index < -0.39 is 0 Å². The largest absolute Gasteiger partial charge is 0.315 e. The summed E-state index contributed by atoms with van der Waals surface area (Å²) in [6.07, 6.45) is 10.3. The summed E-state index contributed by atoms with van der Waals surface area (Å²) in [6, 6.07) is 1.83. The van der Waals surface area contributed by atoms with Gasteiger partial charge in [-0.1, -0.05) is 12.8 Å². The van der Waals surface area contributed by atoms with Crippen molar-refractivity contribution in [2.75, 3.05) is 19.6 Å². The van der Waals surface area contributed by atoms with Crippen LogP contribution in [0.25, 0.3) is 0 Å². The predicted molar refractivity (Wildman–Crippen MR) is 63.0 cm³/mol. The SMILES string of the molecule is C1CC[C@@H]2[C@H](C1)CCCN2C1CCNC1. The number of rotatable bonds is 1. The summed E-state index contributed by atoms with van der Waals surface area (Å²) in [5.74, 6) is 1.05. The molecule has 1 N–H and O–H groups in total. The lowest BCUT2D eigenvalue weighted by atomic mass is 9.77. The molecule has 3 fully saturated rings. The highest BCUT2D eigenvalue weighted by Gasteiger charge is 2.37. The standard InChI is InChI=1S/C13H24N2/c1-2-6-13-11(4-1)5-3-9-15(13)12-7-8-14-10-12/h11-14H,1-10H2/t11-,12?,13-/m1/s1. The fraction of sp³-hybridized carbons (Fsp3) is 1.00. The second-order valence-corrected chi connectivity index (χ2v) is 5.64. The number of hydrogen-bond donors (Lipinski definition) is 1. The van der Waals surface area contributed by atoms with E-state index >= 15 is 0 Å². The van der Waals surface area contributed by atoms with Crippen LogP contribution < -0.4 is 5.32 Å². The van der Waals surface area contributed by atoms with Gasteiger partial charge < -0.3 is 5.32 Å². The van der Waals surface area contributed by atoms with Crippen LogP contribution in [0, 0.1) is 5.92 Å². The van der Waals surface area contributed by atoms with Gasteiger partial charge in [0.2, 0.25) is 0 Å². The summed E-state index contributed by atoms with van der Waals surface area (Å²) >= 11 is 0. The first kappa shape index (κ1) is 10.1. The van der Waals surface area contributed by atoms with E-state index in [1.807, 2.05) is 0 Å². The Hall–Kier alpha value is -0.0800. The van der Waals surface area contributed by atoms with Crippen LogP contribution in [0.3, 0.4) is 0 Å². The van der Waals surface area contributed by atoms with Gasteiger partial charge in [0.1, 0.15) is 0 Å². The van der Waals surface area contributed by atoms with Crippen molar-refractivity contribution in [3.8, 4) is 0 Å². The summed E-state index contributed by atoms with van der Waals surface area (Å²) in [6.45, 7) is 3.88. The van der Waals surface area contributed by atoms with Crippen molar-refractivity contribution in [3.05, 3.63) is 0 Å². The lowest BCUT2D eigenvalue weighted by Crippen LogP contribution is -2.52. The van der Waals surface area contributed by atoms with Gasteiger partial charge in [0.15, 0.2) is 0 Å². The Bertz CT molecular complexity index is 209. The average molecular weight is 208 g/mol. The molecule has 1 saturated carbocycles. The van der Waals surface area contributed by atoms with E-state index in [0.717, 1.165) is 18.0 Å². The third-order valence-electron chi connectivity index (χ3n) is 4.79. The van der Waals surface area contributed by atoms with Crippen LogP contribution in [-0.2, 0) is 0 Å². The van der Waals surface area contributed by atoms with Gasteiger partial charge in [0.05, 0.1) is 0 Å². The molecule has 0 aromatic rings. The van der Waals surface area contributed by atoms with Crippen molar-refractivity contribution in [3.63, 3.8) is 0 Å². The minimum Gasteiger partial charge on any atom is -0.315 e. The predicted octanol–water partition coefficient (Wildman–Crippen LogP) is 2.00. The highest BCUT2D eigenvalue weighted by Crippen LogP contribution is 2.36. The lowest BCUT2D eigenvalue weighted by molar-refractivity contribution is 0.0319. The van der Waals surface area contributed by atoms with Crippen LogP contribution in [0.2, 0.25) is 0 Å². The molecule has 1 aliphatic carbocycles. The second kappa shape index (κ2) is 4.42. The third-order valence-corrected chi connectivity index (χ3v) is 4.79. The van der Waals surface area contributed by atoms with Crippen molar-refractivity contribution in [1.82, 2.24) is 10.2 Å². The number of piperidine rings is 1. The molecule has 0 amide bonds. The maximum Gasteiger partial charge on any atom is 0.0235 e. The van der Waals surface area contributed by atoms with Crippen LogP contribution in [0.4, 0.5) is 0 Å². The number of likely N-dealkylation sites (tertiary alicyclic amines) is 1. The summed E-state index contributed by atoms with van der Waals surface area (Å²) in [4.78, 5) is 2.87. The molecule has 0 aromatic carbocycles. The fourth-order valence-electron chi connectivity index (χ4n) is 4.04. The molecule has 2 nitrogen and oxygen atoms in total. The molecule has 2 saturated heterocycles. The molecule has 3 atom stereocenters. The minimum absolute atomic E-state index is 0.871. The first-order valence-electron chi connectivity index (χ1n) is 6.91. The quantitative estimate of drug-likeness (QED) is 0.709. The van der Waals surface area contributed by atoms with Gasteiger partial charge in [-0.05, 0) is 51.1 Å². The topological polar surface area (TPSA) is 15.3 Å². The van der Waals surface area contributed by atoms with E-state index in [9.17, 15) is 0 Å². The Morgan fingerprint density at radius 2 is 1.80 bits per heavy atom. The molecule has 15 heavy (non-hydrogen) atoms. The van der Waals surface area contributed by atoms with Gasteiger partial charge in [-0.2, -0.15) is 0 Å². The molecule has 2 heteroatoms. The van der Waals surface area contributed by atoms with Crippen LogP contribution in [0.5, 0.6) is 0 Å². The number of hydrogen-bond acceptors (Lipinski definition) is 2. The Morgan fingerprint density at radius 1 is 0.933 bits per heavy atom.